The fraction of sp³-hybridized carbons (Fsp3) is 0.263. The first-order chi connectivity index (χ1) is 12.0. The molecule has 0 aliphatic rings. The minimum Gasteiger partial charge on any atom is -0.497 e. The number of esters is 1. The Labute approximate surface area is 145 Å². The fourth-order valence-corrected chi connectivity index (χ4v) is 2.13. The van der Waals surface area contributed by atoms with Gasteiger partial charge in [0.2, 0.25) is 0 Å². The van der Waals surface area contributed by atoms with Gasteiger partial charge in [-0.25, -0.2) is 9.18 Å². The van der Waals surface area contributed by atoms with Gasteiger partial charge in [0.05, 0.1) is 12.7 Å². The number of halogens is 1. The molecule has 2 aromatic carbocycles. The summed E-state index contributed by atoms with van der Waals surface area (Å²) in [6.07, 6.45) is -0.353. The van der Waals surface area contributed by atoms with Crippen LogP contribution in [0.3, 0.4) is 0 Å². The van der Waals surface area contributed by atoms with E-state index in [0.717, 1.165) is 5.56 Å². The van der Waals surface area contributed by atoms with E-state index in [9.17, 15) is 14.0 Å². The van der Waals surface area contributed by atoms with Crippen LogP contribution in [0.4, 0.5) is 4.39 Å². The van der Waals surface area contributed by atoms with Crippen LogP contribution in [-0.2, 0) is 16.0 Å². The fourth-order valence-electron chi connectivity index (χ4n) is 2.13. The van der Waals surface area contributed by atoms with E-state index in [1.807, 2.05) is 0 Å². The van der Waals surface area contributed by atoms with Crippen molar-refractivity contribution in [2.24, 2.45) is 0 Å². The summed E-state index contributed by atoms with van der Waals surface area (Å²) in [6, 6.07) is 12.5. The Kier molecular flexibility index (Phi) is 6.51. The zero-order chi connectivity index (χ0) is 18.2. The van der Waals surface area contributed by atoms with Gasteiger partial charge < -0.3 is 14.8 Å². The zero-order valence-electron chi connectivity index (χ0n) is 14.1. The molecule has 0 saturated heterocycles. The Hall–Kier alpha value is -2.89. The van der Waals surface area contributed by atoms with Crippen molar-refractivity contribution in [2.45, 2.75) is 19.4 Å². The molecule has 0 bridgehead atoms. The quantitative estimate of drug-likeness (QED) is 0.784. The van der Waals surface area contributed by atoms with Crippen molar-refractivity contribution in [1.29, 1.82) is 0 Å². The highest BCUT2D eigenvalue weighted by molar-refractivity contribution is 5.92. The molecule has 5 nitrogen and oxygen atoms in total. The number of methoxy groups -OCH3 is 1. The molecular weight excluding hydrogens is 325 g/mol. The van der Waals surface area contributed by atoms with Gasteiger partial charge in [-0.05, 0) is 55.3 Å². The molecule has 6 heteroatoms. The maximum absolute atomic E-state index is 12.8. The van der Waals surface area contributed by atoms with Gasteiger partial charge in [-0.1, -0.05) is 12.1 Å². The Balaban J connectivity index is 1.78. The SMILES string of the molecule is COc1ccc(C(=O)O[C@H](C)C(=O)NCCc2ccc(F)cc2)cc1. The van der Waals surface area contributed by atoms with Crippen LogP contribution in [0, 0.1) is 5.82 Å². The van der Waals surface area contributed by atoms with Crippen LogP contribution >= 0.6 is 0 Å². The predicted octanol–water partition coefficient (Wildman–Crippen LogP) is 2.74. The summed E-state index contributed by atoms with van der Waals surface area (Å²) >= 11 is 0. The lowest BCUT2D eigenvalue weighted by Gasteiger charge is -2.13. The lowest BCUT2D eigenvalue weighted by molar-refractivity contribution is -0.129. The lowest BCUT2D eigenvalue weighted by Crippen LogP contribution is -2.36. The maximum Gasteiger partial charge on any atom is 0.338 e. The van der Waals surface area contributed by atoms with Crippen molar-refractivity contribution in [2.75, 3.05) is 13.7 Å². The number of ether oxygens (including phenoxy) is 2. The third-order valence-electron chi connectivity index (χ3n) is 3.60. The van der Waals surface area contributed by atoms with Crippen molar-refractivity contribution < 1.29 is 23.5 Å². The van der Waals surface area contributed by atoms with Gasteiger partial charge in [0.1, 0.15) is 11.6 Å². The molecule has 1 N–H and O–H groups in total. The minimum atomic E-state index is -0.914. The second-order valence-corrected chi connectivity index (χ2v) is 5.44. The molecule has 0 aromatic heterocycles. The maximum atomic E-state index is 12.8. The summed E-state index contributed by atoms with van der Waals surface area (Å²) in [6.45, 7) is 1.88. The van der Waals surface area contributed by atoms with Gasteiger partial charge in [0.15, 0.2) is 6.10 Å². The van der Waals surface area contributed by atoms with Crippen molar-refractivity contribution in [3.05, 3.63) is 65.5 Å². The topological polar surface area (TPSA) is 64.6 Å². The van der Waals surface area contributed by atoms with Crippen LogP contribution in [0.2, 0.25) is 0 Å². The van der Waals surface area contributed by atoms with E-state index in [1.165, 1.54) is 26.2 Å². The first kappa shape index (κ1) is 18.4. The second-order valence-electron chi connectivity index (χ2n) is 5.44. The number of carbonyl (C=O) groups is 2. The molecule has 0 heterocycles. The van der Waals surface area contributed by atoms with Crippen LogP contribution in [-0.4, -0.2) is 31.6 Å². The van der Waals surface area contributed by atoms with E-state index in [-0.39, 0.29) is 11.7 Å². The summed E-state index contributed by atoms with van der Waals surface area (Å²) in [5.41, 5.74) is 1.25. The molecule has 1 atom stereocenters. The number of hydrogen-bond acceptors (Lipinski definition) is 4. The highest BCUT2D eigenvalue weighted by Gasteiger charge is 2.18. The number of carbonyl (C=O) groups excluding carboxylic acids is 2. The standard InChI is InChI=1S/C19H20FNO4/c1-13(25-19(23)15-5-9-17(24-2)10-6-15)18(22)21-12-11-14-3-7-16(20)8-4-14/h3-10,13H,11-12H2,1-2H3,(H,21,22)/t13-/m1/s1. The second kappa shape index (κ2) is 8.82. The van der Waals surface area contributed by atoms with E-state index in [2.05, 4.69) is 5.32 Å². The van der Waals surface area contributed by atoms with Crippen LogP contribution in [0.25, 0.3) is 0 Å². The summed E-state index contributed by atoms with van der Waals surface area (Å²) in [4.78, 5) is 24.0. The Morgan fingerprint density at radius 3 is 2.32 bits per heavy atom. The number of nitrogens with one attached hydrogen (secondary N) is 1. The van der Waals surface area contributed by atoms with Gasteiger partial charge in [-0.15, -0.1) is 0 Å². The lowest BCUT2D eigenvalue weighted by atomic mass is 10.1. The molecule has 0 saturated carbocycles. The highest BCUT2D eigenvalue weighted by atomic mass is 19.1. The van der Waals surface area contributed by atoms with Gasteiger partial charge in [-0.2, -0.15) is 0 Å². The number of rotatable bonds is 7. The van der Waals surface area contributed by atoms with E-state index in [0.29, 0.717) is 24.3 Å². The molecular formula is C19H20FNO4. The zero-order valence-corrected chi connectivity index (χ0v) is 14.1. The predicted molar refractivity (Wildman–Crippen MR) is 91.0 cm³/mol. The van der Waals surface area contributed by atoms with Crippen LogP contribution in [0.1, 0.15) is 22.8 Å². The largest absolute Gasteiger partial charge is 0.497 e. The number of hydrogen-bond donors (Lipinski definition) is 1. The van der Waals surface area contributed by atoms with Crippen molar-refractivity contribution in [3.63, 3.8) is 0 Å². The average molecular weight is 345 g/mol. The van der Waals surface area contributed by atoms with E-state index >= 15 is 0 Å². The highest BCUT2D eigenvalue weighted by Crippen LogP contribution is 2.12. The number of amides is 1. The monoisotopic (exact) mass is 345 g/mol. The van der Waals surface area contributed by atoms with Crippen LogP contribution in [0.15, 0.2) is 48.5 Å². The van der Waals surface area contributed by atoms with Gasteiger partial charge in [0, 0.05) is 6.54 Å². The first-order valence-corrected chi connectivity index (χ1v) is 7.87. The Bertz CT molecular complexity index is 713. The minimum absolute atomic E-state index is 0.299. The normalized spacial score (nSPS) is 11.5. The third-order valence-corrected chi connectivity index (χ3v) is 3.60. The molecule has 1 amide bonds. The molecule has 0 fully saturated rings. The summed E-state index contributed by atoms with van der Waals surface area (Å²) in [7, 11) is 1.53. The van der Waals surface area contributed by atoms with Crippen molar-refractivity contribution in [3.8, 4) is 5.75 Å². The molecule has 2 rings (SSSR count). The summed E-state index contributed by atoms with van der Waals surface area (Å²) in [5, 5.41) is 2.69. The van der Waals surface area contributed by atoms with Gasteiger partial charge in [-0.3, -0.25) is 4.79 Å². The van der Waals surface area contributed by atoms with E-state index in [4.69, 9.17) is 9.47 Å². The summed E-state index contributed by atoms with van der Waals surface area (Å²) in [5.74, 6) is -0.636. The van der Waals surface area contributed by atoms with E-state index in [1.54, 1.807) is 36.4 Å². The molecule has 0 radical (unpaired) electrons. The molecule has 0 unspecified atom stereocenters. The molecule has 2 aromatic rings. The van der Waals surface area contributed by atoms with Gasteiger partial charge in [0.25, 0.3) is 5.91 Å². The Morgan fingerprint density at radius 2 is 1.72 bits per heavy atom. The van der Waals surface area contributed by atoms with Crippen LogP contribution in [0.5, 0.6) is 5.75 Å². The first-order valence-electron chi connectivity index (χ1n) is 7.87. The van der Waals surface area contributed by atoms with Crippen molar-refractivity contribution >= 4 is 11.9 Å². The average Bonchev–Trinajstić information content (AvgIpc) is 2.63. The van der Waals surface area contributed by atoms with E-state index < -0.39 is 12.1 Å². The molecule has 25 heavy (non-hydrogen) atoms. The third kappa shape index (κ3) is 5.60. The molecule has 132 valence electrons. The summed E-state index contributed by atoms with van der Waals surface area (Å²) < 4.78 is 23.0. The smallest absolute Gasteiger partial charge is 0.338 e. The molecule has 0 aliphatic carbocycles. The number of benzene rings is 2. The Morgan fingerprint density at radius 1 is 1.08 bits per heavy atom. The molecule has 0 spiro atoms. The molecule has 0 aliphatic heterocycles. The van der Waals surface area contributed by atoms with Crippen molar-refractivity contribution in [1.82, 2.24) is 5.32 Å². The van der Waals surface area contributed by atoms with Gasteiger partial charge >= 0.3 is 5.97 Å². The van der Waals surface area contributed by atoms with Crippen LogP contribution < -0.4 is 10.1 Å².